The third-order valence-corrected chi connectivity index (χ3v) is 8.43. The molecule has 0 unspecified atom stereocenters. The van der Waals surface area contributed by atoms with E-state index in [-0.39, 0.29) is 71.3 Å². The van der Waals surface area contributed by atoms with Crippen LogP contribution in [0.3, 0.4) is 0 Å². The molecule has 0 spiro atoms. The van der Waals surface area contributed by atoms with Crippen molar-refractivity contribution < 1.29 is 84.7 Å². The van der Waals surface area contributed by atoms with Crippen molar-refractivity contribution in [3.05, 3.63) is 120 Å². The van der Waals surface area contributed by atoms with Crippen molar-refractivity contribution in [3.63, 3.8) is 0 Å². The van der Waals surface area contributed by atoms with Crippen LogP contribution in [-0.2, 0) is 90.4 Å². The zero-order valence-electron chi connectivity index (χ0n) is 33.2. The van der Waals surface area contributed by atoms with Crippen molar-refractivity contribution in [2.75, 3.05) is 52.4 Å². The molecule has 0 aromatic carbocycles. The molecule has 0 saturated heterocycles. The van der Waals surface area contributed by atoms with E-state index in [1.54, 1.807) is 69.2 Å². The Kier molecular flexibility index (Phi) is 32.5. The van der Waals surface area contributed by atoms with Gasteiger partial charge in [-0.25, -0.2) is 0 Å². The Labute approximate surface area is 371 Å². The molecular weight excluding hydrogens is 880 g/mol. The molecule has 0 fully saturated rings. The van der Waals surface area contributed by atoms with Crippen LogP contribution in [-0.4, -0.2) is 116 Å². The molecule has 18 nitrogen and oxygen atoms in total. The van der Waals surface area contributed by atoms with E-state index in [0.717, 1.165) is 47.9 Å². The second kappa shape index (κ2) is 34.0. The van der Waals surface area contributed by atoms with E-state index < -0.39 is 23.9 Å². The summed E-state index contributed by atoms with van der Waals surface area (Å²) in [6, 6.07) is 14.8. The molecule has 4 aromatic heterocycles. The number of rotatable bonds is 26. The Bertz CT molecular complexity index is 1470. The van der Waals surface area contributed by atoms with Crippen molar-refractivity contribution in [2.45, 2.75) is 51.9 Å². The smallest absolute Gasteiger partial charge is 0.549 e. The quantitative estimate of drug-likeness (QED) is 0.0332. The number of carbonyl (C=O) groups excluding carboxylic acids is 4. The molecule has 4 aromatic rings. The van der Waals surface area contributed by atoms with Gasteiger partial charge in [0.1, 0.15) is 0 Å². The molecule has 0 aliphatic heterocycles. The van der Waals surface area contributed by atoms with Gasteiger partial charge in [-0.2, -0.15) is 0 Å². The van der Waals surface area contributed by atoms with Crippen LogP contribution in [0.15, 0.2) is 98.1 Å². The minimum absolute atomic E-state index is 0. The van der Waals surface area contributed by atoms with E-state index in [4.69, 9.17) is 0 Å². The Morgan fingerprint density at radius 2 is 0.533 bits per heavy atom. The van der Waals surface area contributed by atoms with E-state index in [1.807, 2.05) is 48.5 Å². The van der Waals surface area contributed by atoms with E-state index in [1.165, 1.54) is 0 Å². The molecule has 60 heavy (non-hydrogen) atoms. The van der Waals surface area contributed by atoms with Gasteiger partial charge in [0.05, 0.1) is 23.9 Å². The van der Waals surface area contributed by atoms with Gasteiger partial charge in [-0.3, -0.25) is 39.5 Å². The molecule has 0 atom stereocenters. The standard InChI is InChI=1S/2C20H26N4O4.2Cu.2H2O/c2*25-19(26)15-23(13-17-3-7-21-8-4-17)11-1-2-12-24(16-20(27)28)14-18-5-9-22-10-6-18;;;;/h2*3-10H,1-2,11-16H2,(H,25,26)(H,27,28);;;2*1H2/q;;2*+2;;/p-2. The van der Waals surface area contributed by atoms with Crippen molar-refractivity contribution in [3.8, 4) is 0 Å². The molecule has 0 aliphatic rings. The van der Waals surface area contributed by atoms with Gasteiger partial charge in [0.15, 0.2) is 0 Å². The third-order valence-electron chi connectivity index (χ3n) is 8.43. The number of carboxylic acids is 4. The topological polar surface area (TPSA) is 291 Å². The van der Waals surface area contributed by atoms with Crippen LogP contribution in [0, 0.1) is 0 Å². The van der Waals surface area contributed by atoms with Crippen molar-refractivity contribution in [1.82, 2.24) is 39.5 Å². The molecule has 2 radical (unpaired) electrons. The number of aromatic nitrogens is 4. The van der Waals surface area contributed by atoms with Crippen molar-refractivity contribution in [1.29, 1.82) is 0 Å². The predicted molar refractivity (Wildman–Crippen MR) is 206 cm³/mol. The molecule has 0 aliphatic carbocycles. The normalized spacial score (nSPS) is 10.3. The first kappa shape index (κ1) is 57.4. The summed E-state index contributed by atoms with van der Waals surface area (Å²) in [4.78, 5) is 67.1. The van der Waals surface area contributed by atoms with E-state index in [9.17, 15) is 39.6 Å². The zero-order valence-corrected chi connectivity index (χ0v) is 35.0. The number of aliphatic carboxylic acids is 4. The first-order chi connectivity index (χ1) is 27.0. The van der Waals surface area contributed by atoms with Gasteiger partial charge >= 0.3 is 34.1 Å². The van der Waals surface area contributed by atoms with Crippen molar-refractivity contribution in [2.24, 2.45) is 0 Å². The van der Waals surface area contributed by atoms with E-state index in [2.05, 4.69) is 19.9 Å². The van der Waals surface area contributed by atoms with Gasteiger partial charge in [-0.15, -0.1) is 0 Å². The first-order valence-corrected chi connectivity index (χ1v) is 18.3. The van der Waals surface area contributed by atoms with Crippen LogP contribution in [0.5, 0.6) is 0 Å². The number of unbranched alkanes of at least 4 members (excludes halogenated alkanes) is 2. The van der Waals surface area contributed by atoms with Gasteiger partial charge in [0.25, 0.3) is 0 Å². The summed E-state index contributed by atoms with van der Waals surface area (Å²) >= 11 is 0. The molecule has 4 rings (SSSR count). The molecule has 20 heteroatoms. The average Bonchev–Trinajstić information content (AvgIpc) is 3.16. The fraction of sp³-hybridized carbons (Fsp3) is 0.400. The summed E-state index contributed by atoms with van der Waals surface area (Å²) in [5.41, 5.74) is 3.92. The SMILES string of the molecule is O=C([O-])CN(CCCCN(CC(=O)[O-])Cc1ccncc1)Cc1ccncc1.O=C([O-])CN(CCCCN(CC(=O)[O-])Cc1ccncc1)Cc1ccncc1.[Cu+2].[Cu+2].[OH3+].[OH3+]. The molecule has 334 valence electrons. The number of nitrogens with zero attached hydrogens (tertiary/aromatic N) is 8. The van der Waals surface area contributed by atoms with Gasteiger partial charge < -0.3 is 50.6 Å². The Morgan fingerprint density at radius 3 is 0.683 bits per heavy atom. The maximum atomic E-state index is 11.0. The van der Waals surface area contributed by atoms with Crippen LogP contribution in [0.25, 0.3) is 0 Å². The third kappa shape index (κ3) is 27.1. The first-order valence-electron chi connectivity index (χ1n) is 18.3. The number of hydrogen-bond acceptors (Lipinski definition) is 16. The fourth-order valence-electron chi connectivity index (χ4n) is 5.91. The summed E-state index contributed by atoms with van der Waals surface area (Å²) in [5.74, 6) is -4.48. The van der Waals surface area contributed by atoms with E-state index in [0.29, 0.717) is 52.4 Å². The summed E-state index contributed by atoms with van der Waals surface area (Å²) in [5, 5.41) is 44.1. The molecule has 0 bridgehead atoms. The number of pyridine rings is 4. The molecule has 0 saturated carbocycles. The van der Waals surface area contributed by atoms with Crippen molar-refractivity contribution >= 4 is 23.9 Å². The molecule has 0 amide bonds. The van der Waals surface area contributed by atoms with Crippen LogP contribution in [0.2, 0.25) is 0 Å². The van der Waals surface area contributed by atoms with Crippen LogP contribution in [0.1, 0.15) is 47.9 Å². The van der Waals surface area contributed by atoms with Gasteiger partial charge in [-0.1, -0.05) is 0 Å². The second-order valence-electron chi connectivity index (χ2n) is 13.2. The number of carboxylic acid groups (broad SMARTS) is 4. The van der Waals surface area contributed by atoms with Crippen LogP contribution >= 0.6 is 0 Å². The Morgan fingerprint density at radius 1 is 0.367 bits per heavy atom. The van der Waals surface area contributed by atoms with Gasteiger partial charge in [0.2, 0.25) is 0 Å². The maximum Gasteiger partial charge on any atom is 2.00 e. The summed E-state index contributed by atoms with van der Waals surface area (Å²) < 4.78 is 0. The van der Waals surface area contributed by atoms with Crippen LogP contribution in [0.4, 0.5) is 0 Å². The summed E-state index contributed by atoms with van der Waals surface area (Å²) in [6.07, 6.45) is 16.3. The van der Waals surface area contributed by atoms with E-state index >= 15 is 0 Å². The number of hydrogen-bond donors (Lipinski definition) is 0. The number of carbonyl (C=O) groups is 4. The summed E-state index contributed by atoms with van der Waals surface area (Å²) in [7, 11) is 0. The maximum absolute atomic E-state index is 11.0. The minimum Gasteiger partial charge on any atom is -0.549 e. The second-order valence-corrected chi connectivity index (χ2v) is 13.2. The minimum atomic E-state index is -1.12. The fourth-order valence-corrected chi connectivity index (χ4v) is 5.91. The molecule has 4 heterocycles. The van der Waals surface area contributed by atoms with Crippen LogP contribution < -0.4 is 20.4 Å². The zero-order chi connectivity index (χ0) is 40.4. The molecular formula is C40H54Cu2N8O10+2. The van der Waals surface area contributed by atoms with Gasteiger partial charge in [0, 0.05) is 102 Å². The largest absolute Gasteiger partial charge is 2.00 e. The Hall–Kier alpha value is -4.72. The predicted octanol–water partition coefficient (Wildman–Crippen LogP) is -3.73. The monoisotopic (exact) mass is 932 g/mol. The summed E-state index contributed by atoms with van der Waals surface area (Å²) in [6.45, 7) is 3.68. The van der Waals surface area contributed by atoms with Gasteiger partial charge in [-0.05, 0) is 123 Å². The molecule has 6 N–H and O–H groups in total. The average molecular weight is 934 g/mol. The Balaban J connectivity index is 0.